The third kappa shape index (κ3) is 3.63. The number of benzene rings is 2. The van der Waals surface area contributed by atoms with E-state index in [1.165, 1.54) is 4.31 Å². The first-order valence-electron chi connectivity index (χ1n) is 8.18. The van der Waals surface area contributed by atoms with Gasteiger partial charge in [0.25, 0.3) is 0 Å². The second kappa shape index (κ2) is 7.25. The monoisotopic (exact) mass is 444 g/mol. The van der Waals surface area contributed by atoms with E-state index in [0.717, 1.165) is 23.4 Å². The molecule has 140 valence electrons. The summed E-state index contributed by atoms with van der Waals surface area (Å²) in [6, 6.07) is 9.49. The molecule has 3 rings (SSSR count). The number of piperazine rings is 1. The van der Waals surface area contributed by atoms with Crippen molar-refractivity contribution in [3.05, 3.63) is 58.1 Å². The number of anilines is 1. The number of sulfonamides is 1. The Morgan fingerprint density at radius 1 is 1.08 bits per heavy atom. The highest BCUT2D eigenvalue weighted by molar-refractivity contribution is 9.10. The van der Waals surface area contributed by atoms with Crippen LogP contribution in [-0.2, 0) is 10.0 Å². The van der Waals surface area contributed by atoms with Gasteiger partial charge in [-0.1, -0.05) is 17.7 Å². The molecule has 8 heteroatoms. The number of halogens is 3. The van der Waals surface area contributed by atoms with E-state index >= 15 is 0 Å². The van der Waals surface area contributed by atoms with Gasteiger partial charge in [0.05, 0.1) is 4.47 Å². The normalized spacial score (nSPS) is 19.0. The van der Waals surface area contributed by atoms with E-state index in [4.69, 9.17) is 0 Å². The molecule has 0 radical (unpaired) electrons. The second-order valence-corrected chi connectivity index (χ2v) is 9.20. The van der Waals surface area contributed by atoms with Crippen molar-refractivity contribution >= 4 is 31.6 Å². The van der Waals surface area contributed by atoms with E-state index in [1.54, 1.807) is 0 Å². The van der Waals surface area contributed by atoms with Crippen molar-refractivity contribution in [1.82, 2.24) is 4.31 Å². The maximum Gasteiger partial charge on any atom is 0.246 e. The minimum absolute atomic E-state index is 0.0930. The Labute approximate surface area is 160 Å². The molecule has 1 fully saturated rings. The predicted molar refractivity (Wildman–Crippen MR) is 101 cm³/mol. The van der Waals surface area contributed by atoms with E-state index in [1.807, 2.05) is 38.1 Å². The Bertz CT molecular complexity index is 920. The van der Waals surface area contributed by atoms with Crippen LogP contribution in [0.4, 0.5) is 14.5 Å². The first-order valence-corrected chi connectivity index (χ1v) is 10.4. The summed E-state index contributed by atoms with van der Waals surface area (Å²) in [6.45, 7) is 4.80. The maximum atomic E-state index is 14.1. The fraction of sp³-hybridized carbons (Fsp3) is 0.333. The van der Waals surface area contributed by atoms with Crippen molar-refractivity contribution in [2.45, 2.75) is 24.8 Å². The molecule has 1 heterocycles. The number of rotatable bonds is 3. The maximum absolute atomic E-state index is 14.1. The Hall–Kier alpha value is -1.51. The molecule has 1 atom stereocenters. The smallest absolute Gasteiger partial charge is 0.246 e. The summed E-state index contributed by atoms with van der Waals surface area (Å²) in [5.74, 6) is -1.77. The second-order valence-electron chi connectivity index (χ2n) is 6.44. The Morgan fingerprint density at radius 3 is 2.35 bits per heavy atom. The lowest BCUT2D eigenvalue weighted by atomic mass is 10.1. The van der Waals surface area contributed by atoms with Gasteiger partial charge in [0.2, 0.25) is 10.0 Å². The van der Waals surface area contributed by atoms with Gasteiger partial charge in [-0.15, -0.1) is 0 Å². The minimum Gasteiger partial charge on any atom is -0.366 e. The van der Waals surface area contributed by atoms with Gasteiger partial charge < -0.3 is 4.90 Å². The highest BCUT2D eigenvalue weighted by Crippen LogP contribution is 2.28. The van der Waals surface area contributed by atoms with Crippen LogP contribution in [0.25, 0.3) is 0 Å². The Morgan fingerprint density at radius 2 is 1.73 bits per heavy atom. The van der Waals surface area contributed by atoms with Gasteiger partial charge in [-0.3, -0.25) is 0 Å². The summed E-state index contributed by atoms with van der Waals surface area (Å²) < 4.78 is 54.6. The topological polar surface area (TPSA) is 40.6 Å². The van der Waals surface area contributed by atoms with Gasteiger partial charge >= 0.3 is 0 Å². The summed E-state index contributed by atoms with van der Waals surface area (Å²) in [5, 5.41) is 0. The standard InChI is InChI=1S/C18H19BrF2N2O2S/c1-12-3-5-14(6-4-12)23-8-7-22(11-13(23)2)26(24,25)18-10-16(20)15(19)9-17(18)21/h3-6,9-10,13H,7-8,11H2,1-2H3. The van der Waals surface area contributed by atoms with E-state index in [9.17, 15) is 17.2 Å². The van der Waals surface area contributed by atoms with Crippen molar-refractivity contribution in [2.24, 2.45) is 0 Å². The van der Waals surface area contributed by atoms with Crippen LogP contribution in [0.1, 0.15) is 12.5 Å². The van der Waals surface area contributed by atoms with Crippen molar-refractivity contribution in [3.8, 4) is 0 Å². The van der Waals surface area contributed by atoms with Gasteiger partial charge in [-0.2, -0.15) is 4.31 Å². The summed E-state index contributed by atoms with van der Waals surface area (Å²) in [7, 11) is -4.11. The lowest BCUT2D eigenvalue weighted by Crippen LogP contribution is -2.53. The van der Waals surface area contributed by atoms with Crippen LogP contribution in [0.2, 0.25) is 0 Å². The summed E-state index contributed by atoms with van der Waals surface area (Å²) in [4.78, 5) is 1.48. The zero-order valence-electron chi connectivity index (χ0n) is 14.4. The molecule has 1 saturated heterocycles. The molecule has 0 bridgehead atoms. The van der Waals surface area contributed by atoms with Crippen LogP contribution in [0.15, 0.2) is 45.8 Å². The minimum atomic E-state index is -4.11. The Kier molecular flexibility index (Phi) is 5.37. The average molecular weight is 445 g/mol. The van der Waals surface area contributed by atoms with Crippen molar-refractivity contribution in [2.75, 3.05) is 24.5 Å². The van der Waals surface area contributed by atoms with Crippen LogP contribution >= 0.6 is 15.9 Å². The highest BCUT2D eigenvalue weighted by Gasteiger charge is 2.34. The van der Waals surface area contributed by atoms with E-state index in [-0.39, 0.29) is 23.6 Å². The van der Waals surface area contributed by atoms with Crippen molar-refractivity contribution in [1.29, 1.82) is 0 Å². The molecular weight excluding hydrogens is 426 g/mol. The molecule has 0 spiro atoms. The molecular formula is C18H19BrF2N2O2S. The summed E-state index contributed by atoms with van der Waals surface area (Å²) >= 11 is 2.86. The molecule has 2 aromatic rings. The average Bonchev–Trinajstić information content (AvgIpc) is 2.59. The lowest BCUT2D eigenvalue weighted by Gasteiger charge is -2.40. The van der Waals surface area contributed by atoms with Gasteiger partial charge in [0, 0.05) is 31.4 Å². The van der Waals surface area contributed by atoms with E-state index in [0.29, 0.717) is 6.54 Å². The van der Waals surface area contributed by atoms with Crippen molar-refractivity contribution < 1.29 is 17.2 Å². The van der Waals surface area contributed by atoms with Crippen LogP contribution in [0.3, 0.4) is 0 Å². The first-order chi connectivity index (χ1) is 12.2. The first kappa shape index (κ1) is 19.3. The van der Waals surface area contributed by atoms with Crippen LogP contribution in [-0.4, -0.2) is 38.4 Å². The van der Waals surface area contributed by atoms with Crippen LogP contribution in [0, 0.1) is 18.6 Å². The van der Waals surface area contributed by atoms with Crippen LogP contribution < -0.4 is 4.90 Å². The quantitative estimate of drug-likeness (QED) is 0.673. The number of hydrogen-bond donors (Lipinski definition) is 0. The molecule has 2 aromatic carbocycles. The molecule has 1 aliphatic heterocycles. The largest absolute Gasteiger partial charge is 0.366 e. The van der Waals surface area contributed by atoms with Gasteiger partial charge in [0.15, 0.2) is 0 Å². The van der Waals surface area contributed by atoms with E-state index < -0.39 is 26.6 Å². The molecule has 1 aliphatic rings. The Balaban J connectivity index is 1.84. The summed E-state index contributed by atoms with van der Waals surface area (Å²) in [5.41, 5.74) is 2.16. The zero-order chi connectivity index (χ0) is 19.1. The molecule has 0 saturated carbocycles. The van der Waals surface area contributed by atoms with Gasteiger partial charge in [-0.05, 0) is 54.0 Å². The third-order valence-corrected chi connectivity index (χ3v) is 7.04. The predicted octanol–water partition coefficient (Wildman–Crippen LogP) is 3.94. The van der Waals surface area contributed by atoms with Crippen molar-refractivity contribution in [3.63, 3.8) is 0 Å². The zero-order valence-corrected chi connectivity index (χ0v) is 16.8. The third-order valence-electron chi connectivity index (χ3n) is 4.55. The van der Waals surface area contributed by atoms with Gasteiger partial charge in [-0.25, -0.2) is 17.2 Å². The SMILES string of the molecule is Cc1ccc(N2CCN(S(=O)(=O)c3cc(F)c(Br)cc3F)CC2C)cc1. The number of nitrogens with zero attached hydrogens (tertiary/aromatic N) is 2. The molecule has 0 aromatic heterocycles. The fourth-order valence-corrected chi connectivity index (χ4v) is 4.99. The number of aryl methyl sites for hydroxylation is 1. The molecule has 0 N–H and O–H groups in total. The molecule has 0 aliphatic carbocycles. The molecule has 4 nitrogen and oxygen atoms in total. The van der Waals surface area contributed by atoms with Crippen LogP contribution in [0.5, 0.6) is 0 Å². The molecule has 1 unspecified atom stereocenters. The molecule has 26 heavy (non-hydrogen) atoms. The molecule has 0 amide bonds. The lowest BCUT2D eigenvalue weighted by molar-refractivity contribution is 0.341. The highest BCUT2D eigenvalue weighted by atomic mass is 79.9. The number of hydrogen-bond acceptors (Lipinski definition) is 3. The van der Waals surface area contributed by atoms with Gasteiger partial charge in [0.1, 0.15) is 16.5 Å². The van der Waals surface area contributed by atoms with E-state index in [2.05, 4.69) is 20.8 Å². The summed E-state index contributed by atoms with van der Waals surface area (Å²) in [6.07, 6.45) is 0. The fourth-order valence-electron chi connectivity index (χ4n) is 3.10.